The van der Waals surface area contributed by atoms with E-state index in [0.29, 0.717) is 23.3 Å². The van der Waals surface area contributed by atoms with E-state index in [1.54, 1.807) is 23.0 Å². The molecule has 19 heavy (non-hydrogen) atoms. The average molecular weight is 259 g/mol. The average Bonchev–Trinajstić information content (AvgIpc) is 2.91. The maximum atomic E-state index is 11.1. The van der Waals surface area contributed by atoms with Crippen molar-refractivity contribution in [1.82, 2.24) is 14.8 Å². The Labute approximate surface area is 108 Å². The second kappa shape index (κ2) is 4.20. The topological polar surface area (TPSA) is 102 Å². The number of nitrogens with zero attached hydrogens (tertiary/aromatic N) is 2. The number of fused-ring (bicyclic) bond motifs is 1. The van der Waals surface area contributed by atoms with E-state index in [2.05, 4.69) is 15.4 Å². The van der Waals surface area contributed by atoms with Crippen molar-refractivity contribution in [2.45, 2.75) is 6.54 Å². The van der Waals surface area contributed by atoms with Crippen LogP contribution >= 0.6 is 0 Å². The Kier molecular flexibility index (Phi) is 2.52. The molecule has 0 unspecified atom stereocenters. The summed E-state index contributed by atoms with van der Waals surface area (Å²) in [4.78, 5) is 13.7. The maximum Gasteiger partial charge on any atom is 0.417 e. The molecule has 0 atom stereocenters. The highest BCUT2D eigenvalue weighted by molar-refractivity contribution is 5.85. The highest BCUT2D eigenvalue weighted by Crippen LogP contribution is 2.24. The predicted octanol–water partition coefficient (Wildman–Crippen LogP) is 1.05. The van der Waals surface area contributed by atoms with Gasteiger partial charge in [0.15, 0.2) is 5.58 Å². The minimum Gasteiger partial charge on any atom is -0.408 e. The van der Waals surface area contributed by atoms with Gasteiger partial charge >= 0.3 is 5.76 Å². The number of anilines is 2. The smallest absolute Gasteiger partial charge is 0.408 e. The number of H-pyrrole nitrogens is 1. The van der Waals surface area contributed by atoms with Crippen molar-refractivity contribution in [2.24, 2.45) is 7.05 Å². The number of oxazole rings is 1. The van der Waals surface area contributed by atoms with E-state index in [4.69, 9.17) is 10.2 Å². The van der Waals surface area contributed by atoms with E-state index in [1.807, 2.05) is 13.1 Å². The van der Waals surface area contributed by atoms with Crippen LogP contribution in [0.15, 0.2) is 33.6 Å². The fraction of sp³-hybridized carbons (Fsp3) is 0.167. The van der Waals surface area contributed by atoms with E-state index in [9.17, 15) is 4.79 Å². The molecule has 0 amide bonds. The van der Waals surface area contributed by atoms with Crippen molar-refractivity contribution in [3.63, 3.8) is 0 Å². The van der Waals surface area contributed by atoms with Crippen molar-refractivity contribution in [2.75, 3.05) is 11.1 Å². The molecule has 7 heteroatoms. The standard InChI is InChI=1S/C12H13N5O2/c1-17-7(2-3-15-17)6-14-9-5-10-11(4-8(9)13)19-12(18)16-10/h2-5,14H,6,13H2,1H3,(H,16,18). The molecule has 0 spiro atoms. The summed E-state index contributed by atoms with van der Waals surface area (Å²) in [5.74, 6) is -0.488. The summed E-state index contributed by atoms with van der Waals surface area (Å²) in [5, 5.41) is 7.30. The van der Waals surface area contributed by atoms with Crippen molar-refractivity contribution in [1.29, 1.82) is 0 Å². The summed E-state index contributed by atoms with van der Waals surface area (Å²) in [6.45, 7) is 0.592. The molecule has 7 nitrogen and oxygen atoms in total. The van der Waals surface area contributed by atoms with E-state index < -0.39 is 5.76 Å². The molecule has 0 fully saturated rings. The number of aromatic nitrogens is 3. The number of nitrogens with one attached hydrogen (secondary N) is 2. The predicted molar refractivity (Wildman–Crippen MR) is 71.8 cm³/mol. The first-order valence-electron chi connectivity index (χ1n) is 5.76. The van der Waals surface area contributed by atoms with Gasteiger partial charge in [-0.2, -0.15) is 5.10 Å². The van der Waals surface area contributed by atoms with Gasteiger partial charge < -0.3 is 15.5 Å². The zero-order valence-electron chi connectivity index (χ0n) is 10.3. The first kappa shape index (κ1) is 11.4. The summed E-state index contributed by atoms with van der Waals surface area (Å²) >= 11 is 0. The molecule has 0 aliphatic rings. The Morgan fingerprint density at radius 3 is 3.11 bits per heavy atom. The molecule has 3 aromatic rings. The van der Waals surface area contributed by atoms with Gasteiger partial charge in [-0.05, 0) is 12.1 Å². The summed E-state index contributed by atoms with van der Waals surface area (Å²) < 4.78 is 6.72. The third-order valence-corrected chi connectivity index (χ3v) is 2.97. The Balaban J connectivity index is 1.90. The molecule has 0 aliphatic carbocycles. The number of nitrogen functional groups attached to an aromatic ring is 1. The quantitative estimate of drug-likeness (QED) is 0.610. The van der Waals surface area contributed by atoms with Crippen LogP contribution in [0.3, 0.4) is 0 Å². The van der Waals surface area contributed by atoms with Gasteiger partial charge in [-0.25, -0.2) is 4.79 Å². The molecule has 0 saturated heterocycles. The summed E-state index contributed by atoms with van der Waals surface area (Å²) in [5.41, 5.74) is 9.28. The first-order chi connectivity index (χ1) is 9.13. The highest BCUT2D eigenvalue weighted by atomic mass is 16.4. The van der Waals surface area contributed by atoms with Crippen LogP contribution in [-0.2, 0) is 13.6 Å². The third-order valence-electron chi connectivity index (χ3n) is 2.97. The lowest BCUT2D eigenvalue weighted by Gasteiger charge is -2.09. The summed E-state index contributed by atoms with van der Waals surface area (Å²) in [6.07, 6.45) is 1.73. The third kappa shape index (κ3) is 2.05. The van der Waals surface area contributed by atoms with Gasteiger partial charge in [-0.15, -0.1) is 0 Å². The van der Waals surface area contributed by atoms with Crippen LogP contribution in [0.5, 0.6) is 0 Å². The van der Waals surface area contributed by atoms with Crippen LogP contribution in [0.2, 0.25) is 0 Å². The first-order valence-corrected chi connectivity index (χ1v) is 5.76. The molecular weight excluding hydrogens is 246 g/mol. The lowest BCUT2D eigenvalue weighted by molar-refractivity contribution is 0.555. The molecular formula is C12H13N5O2. The molecule has 4 N–H and O–H groups in total. The van der Waals surface area contributed by atoms with E-state index in [0.717, 1.165) is 11.4 Å². The Bertz CT molecular complexity index is 783. The molecule has 0 aliphatic heterocycles. The number of aromatic amines is 1. The number of rotatable bonds is 3. The van der Waals surface area contributed by atoms with Crippen molar-refractivity contribution in [3.05, 3.63) is 40.6 Å². The van der Waals surface area contributed by atoms with Crippen LogP contribution in [0, 0.1) is 0 Å². The Morgan fingerprint density at radius 1 is 1.53 bits per heavy atom. The van der Waals surface area contributed by atoms with Crippen molar-refractivity contribution < 1.29 is 4.42 Å². The van der Waals surface area contributed by atoms with Gasteiger partial charge in [0.1, 0.15) is 0 Å². The number of aryl methyl sites for hydroxylation is 1. The van der Waals surface area contributed by atoms with E-state index in [-0.39, 0.29) is 0 Å². The molecule has 2 heterocycles. The molecule has 3 rings (SSSR count). The Morgan fingerprint density at radius 2 is 2.37 bits per heavy atom. The number of hydrogen-bond acceptors (Lipinski definition) is 5. The summed E-state index contributed by atoms with van der Waals surface area (Å²) in [7, 11) is 1.87. The van der Waals surface area contributed by atoms with Crippen LogP contribution in [-0.4, -0.2) is 14.8 Å². The van der Waals surface area contributed by atoms with Gasteiger partial charge in [0, 0.05) is 19.3 Å². The largest absolute Gasteiger partial charge is 0.417 e. The molecule has 98 valence electrons. The van der Waals surface area contributed by atoms with Gasteiger partial charge in [0.25, 0.3) is 0 Å². The lowest BCUT2D eigenvalue weighted by Crippen LogP contribution is -2.06. The fourth-order valence-electron chi connectivity index (χ4n) is 1.93. The normalized spacial score (nSPS) is 11.0. The molecule has 1 aromatic carbocycles. The number of benzene rings is 1. The molecule has 2 aromatic heterocycles. The molecule has 0 radical (unpaired) electrons. The van der Waals surface area contributed by atoms with Gasteiger partial charge in [-0.1, -0.05) is 0 Å². The summed E-state index contributed by atoms with van der Waals surface area (Å²) in [6, 6.07) is 5.30. The van der Waals surface area contributed by atoms with E-state index >= 15 is 0 Å². The Hall–Kier alpha value is -2.70. The second-order valence-corrected chi connectivity index (χ2v) is 4.25. The van der Waals surface area contributed by atoms with Crippen LogP contribution in [0.25, 0.3) is 11.1 Å². The van der Waals surface area contributed by atoms with Crippen LogP contribution < -0.4 is 16.8 Å². The molecule has 0 bridgehead atoms. The van der Waals surface area contributed by atoms with Crippen LogP contribution in [0.1, 0.15) is 5.69 Å². The van der Waals surface area contributed by atoms with E-state index in [1.165, 1.54) is 0 Å². The zero-order chi connectivity index (χ0) is 13.4. The van der Waals surface area contributed by atoms with Gasteiger partial charge in [-0.3, -0.25) is 9.67 Å². The van der Waals surface area contributed by atoms with Gasteiger partial charge in [0.2, 0.25) is 0 Å². The SMILES string of the molecule is Cn1nccc1CNc1cc2[nH]c(=O)oc2cc1N. The van der Waals surface area contributed by atoms with Crippen molar-refractivity contribution >= 4 is 22.5 Å². The monoisotopic (exact) mass is 259 g/mol. The highest BCUT2D eigenvalue weighted by Gasteiger charge is 2.07. The number of nitrogens with two attached hydrogens (primary N) is 1. The minimum atomic E-state index is -0.488. The lowest BCUT2D eigenvalue weighted by atomic mass is 10.2. The maximum absolute atomic E-state index is 11.1. The van der Waals surface area contributed by atoms with Crippen molar-refractivity contribution in [3.8, 4) is 0 Å². The van der Waals surface area contributed by atoms with Gasteiger partial charge in [0.05, 0.1) is 29.1 Å². The second-order valence-electron chi connectivity index (χ2n) is 4.25. The zero-order valence-corrected chi connectivity index (χ0v) is 10.3. The van der Waals surface area contributed by atoms with Crippen LogP contribution in [0.4, 0.5) is 11.4 Å². The fourth-order valence-corrected chi connectivity index (χ4v) is 1.93. The molecule has 0 saturated carbocycles. The number of hydrogen-bond donors (Lipinski definition) is 3. The minimum absolute atomic E-state index is 0.452.